The molecule has 6 N–H and O–H groups in total. The van der Waals surface area contributed by atoms with Crippen LogP contribution in [0.25, 0.3) is 0 Å². The molecule has 0 atom stereocenters. The molecule has 0 aliphatic rings. The zero-order chi connectivity index (χ0) is 14.0. The predicted molar refractivity (Wildman–Crippen MR) is 74.0 cm³/mol. The van der Waals surface area contributed by atoms with E-state index in [1.54, 1.807) is 0 Å². The van der Waals surface area contributed by atoms with Gasteiger partial charge in [0.25, 0.3) is 0 Å². The summed E-state index contributed by atoms with van der Waals surface area (Å²) in [6, 6.07) is 3.75. The van der Waals surface area contributed by atoms with E-state index in [9.17, 15) is 4.39 Å². The van der Waals surface area contributed by atoms with Gasteiger partial charge in [-0.25, -0.2) is 10.2 Å². The van der Waals surface area contributed by atoms with Crippen LogP contribution >= 0.6 is 23.2 Å². The van der Waals surface area contributed by atoms with Crippen LogP contribution in [0, 0.1) is 5.82 Å². The maximum atomic E-state index is 13.1. The fourth-order valence-electron chi connectivity index (χ4n) is 1.39. The molecule has 9 heteroatoms. The quantitative estimate of drug-likeness (QED) is 0.513. The Hall–Kier alpha value is -1.83. The summed E-state index contributed by atoms with van der Waals surface area (Å²) in [6.45, 7) is 0. The fraction of sp³-hybridized carbons (Fsp3) is 0. The first-order valence-corrected chi connectivity index (χ1v) is 5.78. The number of benzene rings is 1. The van der Waals surface area contributed by atoms with Gasteiger partial charge in [0.15, 0.2) is 0 Å². The molecule has 0 amide bonds. The van der Waals surface area contributed by atoms with Gasteiger partial charge in [-0.1, -0.05) is 23.2 Å². The smallest absolute Gasteiger partial charge is 0.223 e. The Morgan fingerprint density at radius 2 is 1.63 bits per heavy atom. The topological polar surface area (TPSA) is 102 Å². The number of hydrazine groups is 1. The Balaban J connectivity index is 2.39. The lowest BCUT2D eigenvalue weighted by atomic mass is 10.3. The highest BCUT2D eigenvalue weighted by molar-refractivity contribution is 6.39. The SMILES string of the molecule is NNc1cc(Nc2c(Cl)cc(F)cc2Cl)nc(N)n1. The second kappa shape index (κ2) is 5.43. The van der Waals surface area contributed by atoms with Gasteiger partial charge >= 0.3 is 0 Å². The molecule has 0 saturated heterocycles. The average Bonchev–Trinajstić information content (AvgIpc) is 2.33. The zero-order valence-corrected chi connectivity index (χ0v) is 10.9. The third kappa shape index (κ3) is 3.14. The molecule has 100 valence electrons. The van der Waals surface area contributed by atoms with E-state index in [-0.39, 0.29) is 16.0 Å². The molecule has 6 nitrogen and oxygen atoms in total. The van der Waals surface area contributed by atoms with Crippen LogP contribution in [0.3, 0.4) is 0 Å². The van der Waals surface area contributed by atoms with Gasteiger partial charge in [-0.05, 0) is 12.1 Å². The van der Waals surface area contributed by atoms with Crippen molar-refractivity contribution in [1.29, 1.82) is 0 Å². The van der Waals surface area contributed by atoms with E-state index in [4.69, 9.17) is 34.8 Å². The van der Waals surface area contributed by atoms with E-state index < -0.39 is 5.82 Å². The maximum Gasteiger partial charge on any atom is 0.223 e. The lowest BCUT2D eigenvalue weighted by Gasteiger charge is -2.11. The largest absolute Gasteiger partial charge is 0.368 e. The standard InChI is InChI=1S/C10H9Cl2FN6/c11-5-1-4(13)2-6(12)9(5)16-7-3-8(19-15)18-10(14)17-7/h1-3H,15H2,(H4,14,16,17,18,19). The summed E-state index contributed by atoms with van der Waals surface area (Å²) in [4.78, 5) is 7.75. The number of hydrogen-bond acceptors (Lipinski definition) is 6. The van der Waals surface area contributed by atoms with Gasteiger partial charge in [-0.2, -0.15) is 9.97 Å². The Kier molecular flexibility index (Phi) is 3.89. The van der Waals surface area contributed by atoms with Crippen molar-refractivity contribution in [2.45, 2.75) is 0 Å². The van der Waals surface area contributed by atoms with Crippen molar-refractivity contribution in [2.24, 2.45) is 5.84 Å². The molecule has 0 aliphatic heterocycles. The molecule has 19 heavy (non-hydrogen) atoms. The highest BCUT2D eigenvalue weighted by Crippen LogP contribution is 2.33. The molecular weight excluding hydrogens is 294 g/mol. The van der Waals surface area contributed by atoms with E-state index in [0.717, 1.165) is 12.1 Å². The number of hydrogen-bond donors (Lipinski definition) is 4. The number of aromatic nitrogens is 2. The van der Waals surface area contributed by atoms with Crippen molar-refractivity contribution in [1.82, 2.24) is 9.97 Å². The van der Waals surface area contributed by atoms with E-state index in [1.807, 2.05) is 0 Å². The van der Waals surface area contributed by atoms with Crippen molar-refractivity contribution < 1.29 is 4.39 Å². The zero-order valence-electron chi connectivity index (χ0n) is 9.42. The first-order chi connectivity index (χ1) is 8.99. The minimum atomic E-state index is -0.535. The van der Waals surface area contributed by atoms with Crippen LogP contribution in [0.2, 0.25) is 10.0 Å². The summed E-state index contributed by atoms with van der Waals surface area (Å²) >= 11 is 11.8. The third-order valence-electron chi connectivity index (χ3n) is 2.15. The molecule has 1 aromatic carbocycles. The average molecular weight is 303 g/mol. The fourth-order valence-corrected chi connectivity index (χ4v) is 1.95. The number of rotatable bonds is 3. The van der Waals surface area contributed by atoms with Crippen molar-refractivity contribution in [3.8, 4) is 0 Å². The predicted octanol–water partition coefficient (Wildman–Crippen LogP) is 2.53. The van der Waals surface area contributed by atoms with Crippen molar-refractivity contribution in [3.05, 3.63) is 34.1 Å². The van der Waals surface area contributed by atoms with Gasteiger partial charge in [-0.3, -0.25) is 0 Å². The van der Waals surface area contributed by atoms with Crippen molar-refractivity contribution in [2.75, 3.05) is 16.5 Å². The van der Waals surface area contributed by atoms with Gasteiger partial charge in [0.2, 0.25) is 5.95 Å². The van der Waals surface area contributed by atoms with Crippen LogP contribution in [0.15, 0.2) is 18.2 Å². The Labute approximate surface area is 117 Å². The number of anilines is 4. The first-order valence-electron chi connectivity index (χ1n) is 5.02. The molecule has 2 rings (SSSR count). The minimum absolute atomic E-state index is 0.00677. The van der Waals surface area contributed by atoms with E-state index in [0.29, 0.717) is 17.3 Å². The van der Waals surface area contributed by atoms with Gasteiger partial charge in [-0.15, -0.1) is 0 Å². The van der Waals surface area contributed by atoms with E-state index in [2.05, 4.69) is 20.7 Å². The van der Waals surface area contributed by atoms with Crippen LogP contribution in [0.5, 0.6) is 0 Å². The van der Waals surface area contributed by atoms with Gasteiger partial charge in [0.05, 0.1) is 15.7 Å². The lowest BCUT2D eigenvalue weighted by molar-refractivity contribution is 0.628. The van der Waals surface area contributed by atoms with Crippen LogP contribution in [0.1, 0.15) is 0 Å². The van der Waals surface area contributed by atoms with Crippen molar-refractivity contribution in [3.63, 3.8) is 0 Å². The normalized spacial score (nSPS) is 10.3. The van der Waals surface area contributed by atoms with Crippen molar-refractivity contribution >= 4 is 46.5 Å². The van der Waals surface area contributed by atoms with Crippen LogP contribution in [-0.4, -0.2) is 9.97 Å². The number of nitrogens with two attached hydrogens (primary N) is 2. The van der Waals surface area contributed by atoms with E-state index in [1.165, 1.54) is 6.07 Å². The Morgan fingerprint density at radius 1 is 1.05 bits per heavy atom. The third-order valence-corrected chi connectivity index (χ3v) is 2.75. The maximum absolute atomic E-state index is 13.1. The van der Waals surface area contributed by atoms with Crippen LogP contribution in [0.4, 0.5) is 27.7 Å². The molecule has 1 heterocycles. The molecular formula is C10H9Cl2FN6. The molecule has 0 fully saturated rings. The second-order valence-corrected chi connectivity index (χ2v) is 4.32. The highest BCUT2D eigenvalue weighted by Gasteiger charge is 2.10. The monoisotopic (exact) mass is 302 g/mol. The van der Waals surface area contributed by atoms with Gasteiger partial charge in [0.1, 0.15) is 17.5 Å². The molecule has 0 unspecified atom stereocenters. The highest BCUT2D eigenvalue weighted by atomic mass is 35.5. The Bertz CT molecular complexity index is 598. The number of nitrogens with zero attached hydrogens (tertiary/aromatic N) is 2. The summed E-state index contributed by atoms with van der Waals surface area (Å²) in [5.41, 5.74) is 8.15. The summed E-state index contributed by atoms with van der Waals surface area (Å²) in [6.07, 6.45) is 0. The van der Waals surface area contributed by atoms with Gasteiger partial charge in [0, 0.05) is 6.07 Å². The number of nitrogens with one attached hydrogen (secondary N) is 2. The molecule has 1 aromatic heterocycles. The second-order valence-electron chi connectivity index (χ2n) is 3.51. The van der Waals surface area contributed by atoms with Gasteiger partial charge < -0.3 is 16.5 Å². The summed E-state index contributed by atoms with van der Waals surface area (Å²) in [7, 11) is 0. The Morgan fingerprint density at radius 3 is 2.21 bits per heavy atom. The summed E-state index contributed by atoms with van der Waals surface area (Å²) in [5, 5.41) is 3.06. The molecule has 2 aromatic rings. The van der Waals surface area contributed by atoms with E-state index >= 15 is 0 Å². The molecule has 0 saturated carbocycles. The summed E-state index contributed by atoms with van der Waals surface area (Å²) < 4.78 is 13.1. The summed E-state index contributed by atoms with van der Waals surface area (Å²) in [5.74, 6) is 5.33. The number of halogens is 3. The molecule has 0 radical (unpaired) electrons. The van der Waals surface area contributed by atoms with Crippen LogP contribution < -0.4 is 22.3 Å². The molecule has 0 spiro atoms. The molecule has 0 aliphatic carbocycles. The van der Waals surface area contributed by atoms with Crippen LogP contribution in [-0.2, 0) is 0 Å². The first kappa shape index (κ1) is 13.6. The molecule has 0 bridgehead atoms. The minimum Gasteiger partial charge on any atom is -0.368 e. The number of nitrogen functional groups attached to an aromatic ring is 2. The lowest BCUT2D eigenvalue weighted by Crippen LogP contribution is -2.11.